The lowest BCUT2D eigenvalue weighted by molar-refractivity contribution is -0.0808. The van der Waals surface area contributed by atoms with Crippen LogP contribution in [0.3, 0.4) is 0 Å². The van der Waals surface area contributed by atoms with Crippen LogP contribution in [0.25, 0.3) is 0 Å². The first-order valence-corrected chi connectivity index (χ1v) is 6.33. The standard InChI is InChI=1S/C13H16ClFO2/c1-2-7-16-13-9(14)8-12(13)17-11-6-4-3-5-10(11)15/h3-6,9,12-13H,2,7-8H2,1H3. The summed E-state index contributed by atoms with van der Waals surface area (Å²) >= 11 is 6.05. The van der Waals surface area contributed by atoms with Crippen LogP contribution >= 0.6 is 11.6 Å². The highest BCUT2D eigenvalue weighted by Gasteiger charge is 2.43. The first-order valence-electron chi connectivity index (χ1n) is 5.89. The zero-order valence-corrected chi connectivity index (χ0v) is 10.5. The highest BCUT2D eigenvalue weighted by Crippen LogP contribution is 2.33. The van der Waals surface area contributed by atoms with Crippen molar-refractivity contribution in [1.29, 1.82) is 0 Å². The van der Waals surface area contributed by atoms with E-state index in [1.54, 1.807) is 18.2 Å². The number of alkyl halides is 1. The minimum Gasteiger partial charge on any atom is -0.485 e. The zero-order valence-electron chi connectivity index (χ0n) is 9.74. The quantitative estimate of drug-likeness (QED) is 0.754. The summed E-state index contributed by atoms with van der Waals surface area (Å²) in [6, 6.07) is 6.39. The Balaban J connectivity index is 1.93. The first-order chi connectivity index (χ1) is 8.22. The van der Waals surface area contributed by atoms with Crippen LogP contribution < -0.4 is 4.74 Å². The maximum absolute atomic E-state index is 13.4. The van der Waals surface area contributed by atoms with E-state index in [-0.39, 0.29) is 29.2 Å². The van der Waals surface area contributed by atoms with Crippen LogP contribution in [-0.2, 0) is 4.74 Å². The first kappa shape index (κ1) is 12.7. The predicted octanol–water partition coefficient (Wildman–Crippen LogP) is 3.38. The van der Waals surface area contributed by atoms with Crippen molar-refractivity contribution in [3.63, 3.8) is 0 Å². The van der Waals surface area contributed by atoms with E-state index >= 15 is 0 Å². The molecule has 0 amide bonds. The van der Waals surface area contributed by atoms with Crippen molar-refractivity contribution < 1.29 is 13.9 Å². The summed E-state index contributed by atoms with van der Waals surface area (Å²) in [4.78, 5) is 0. The van der Waals surface area contributed by atoms with Crippen molar-refractivity contribution in [3.05, 3.63) is 30.1 Å². The lowest BCUT2D eigenvalue weighted by Gasteiger charge is -2.40. The number of hydrogen-bond donors (Lipinski definition) is 0. The topological polar surface area (TPSA) is 18.5 Å². The highest BCUT2D eigenvalue weighted by atomic mass is 35.5. The maximum Gasteiger partial charge on any atom is 0.165 e. The molecule has 0 N–H and O–H groups in total. The Morgan fingerprint density at radius 1 is 1.41 bits per heavy atom. The minimum absolute atomic E-state index is 0.0293. The minimum atomic E-state index is -0.347. The zero-order chi connectivity index (χ0) is 12.3. The molecular formula is C13H16ClFO2. The fourth-order valence-corrected chi connectivity index (χ4v) is 2.22. The fourth-order valence-electron chi connectivity index (χ4n) is 1.81. The summed E-state index contributed by atoms with van der Waals surface area (Å²) in [7, 11) is 0. The van der Waals surface area contributed by atoms with Crippen LogP contribution in [0.4, 0.5) is 4.39 Å². The molecule has 3 unspecified atom stereocenters. The molecule has 1 aromatic rings. The number of ether oxygens (including phenoxy) is 2. The molecule has 0 saturated heterocycles. The van der Waals surface area contributed by atoms with Crippen molar-refractivity contribution in [1.82, 2.24) is 0 Å². The summed E-state index contributed by atoms with van der Waals surface area (Å²) in [6.45, 7) is 2.69. The van der Waals surface area contributed by atoms with E-state index in [0.29, 0.717) is 13.0 Å². The van der Waals surface area contributed by atoms with Gasteiger partial charge in [-0.2, -0.15) is 0 Å². The van der Waals surface area contributed by atoms with E-state index in [9.17, 15) is 4.39 Å². The lowest BCUT2D eigenvalue weighted by atomic mass is 9.91. The van der Waals surface area contributed by atoms with Gasteiger partial charge in [-0.05, 0) is 18.6 Å². The van der Waals surface area contributed by atoms with Crippen LogP contribution in [-0.4, -0.2) is 24.2 Å². The van der Waals surface area contributed by atoms with Crippen molar-refractivity contribution in [2.24, 2.45) is 0 Å². The van der Waals surface area contributed by atoms with Gasteiger partial charge in [-0.15, -0.1) is 11.6 Å². The molecule has 0 spiro atoms. The molecule has 0 aromatic heterocycles. The Bertz CT molecular complexity index is 372. The van der Waals surface area contributed by atoms with E-state index in [1.807, 2.05) is 6.92 Å². The molecule has 0 heterocycles. The van der Waals surface area contributed by atoms with E-state index < -0.39 is 0 Å². The fraction of sp³-hybridized carbons (Fsp3) is 0.538. The lowest BCUT2D eigenvalue weighted by Crippen LogP contribution is -2.52. The van der Waals surface area contributed by atoms with Gasteiger partial charge in [0.05, 0.1) is 5.38 Å². The van der Waals surface area contributed by atoms with Gasteiger partial charge >= 0.3 is 0 Å². The molecule has 2 nitrogen and oxygen atoms in total. The van der Waals surface area contributed by atoms with Crippen LogP contribution in [0.5, 0.6) is 5.75 Å². The third-order valence-corrected chi connectivity index (χ3v) is 3.24. The summed E-state index contributed by atoms with van der Waals surface area (Å²) in [5.41, 5.74) is 0. The summed E-state index contributed by atoms with van der Waals surface area (Å²) in [5.74, 6) is -0.0778. The van der Waals surface area contributed by atoms with Crippen molar-refractivity contribution in [2.75, 3.05) is 6.61 Å². The monoisotopic (exact) mass is 258 g/mol. The van der Waals surface area contributed by atoms with Crippen LogP contribution in [0.2, 0.25) is 0 Å². The second-order valence-electron chi connectivity index (χ2n) is 4.17. The molecule has 0 bridgehead atoms. The van der Waals surface area contributed by atoms with Gasteiger partial charge in [-0.25, -0.2) is 4.39 Å². The molecule has 1 aliphatic rings. The van der Waals surface area contributed by atoms with Gasteiger partial charge in [0.25, 0.3) is 0 Å². The summed E-state index contributed by atoms with van der Waals surface area (Å²) < 4.78 is 24.5. The molecule has 2 rings (SSSR count). The average Bonchev–Trinajstić information content (AvgIpc) is 2.31. The third kappa shape index (κ3) is 2.90. The van der Waals surface area contributed by atoms with Crippen molar-refractivity contribution >= 4 is 11.6 Å². The van der Waals surface area contributed by atoms with Crippen LogP contribution in [0.15, 0.2) is 24.3 Å². The van der Waals surface area contributed by atoms with Crippen molar-refractivity contribution in [3.8, 4) is 5.75 Å². The van der Waals surface area contributed by atoms with Crippen LogP contribution in [0, 0.1) is 5.82 Å². The Labute approximate surface area is 106 Å². The molecule has 0 radical (unpaired) electrons. The molecule has 94 valence electrons. The van der Waals surface area contributed by atoms with Gasteiger partial charge in [-0.1, -0.05) is 19.1 Å². The maximum atomic E-state index is 13.4. The van der Waals surface area contributed by atoms with E-state index in [1.165, 1.54) is 6.07 Å². The number of hydrogen-bond acceptors (Lipinski definition) is 2. The van der Waals surface area contributed by atoms with Gasteiger partial charge in [-0.3, -0.25) is 0 Å². The molecule has 1 aromatic carbocycles. The second-order valence-corrected chi connectivity index (χ2v) is 4.73. The van der Waals surface area contributed by atoms with E-state index in [4.69, 9.17) is 21.1 Å². The van der Waals surface area contributed by atoms with E-state index in [0.717, 1.165) is 6.42 Å². The van der Waals surface area contributed by atoms with Crippen molar-refractivity contribution in [2.45, 2.75) is 37.4 Å². The molecule has 17 heavy (non-hydrogen) atoms. The van der Waals surface area contributed by atoms with Gasteiger partial charge in [0, 0.05) is 13.0 Å². The molecule has 1 aliphatic carbocycles. The third-order valence-electron chi connectivity index (χ3n) is 2.81. The Kier molecular flexibility index (Phi) is 4.24. The molecular weight excluding hydrogens is 243 g/mol. The number of benzene rings is 1. The van der Waals surface area contributed by atoms with Gasteiger partial charge in [0.1, 0.15) is 12.2 Å². The SMILES string of the molecule is CCCOC1C(Cl)CC1Oc1ccccc1F. The Morgan fingerprint density at radius 3 is 2.82 bits per heavy atom. The second kappa shape index (κ2) is 5.69. The average molecular weight is 259 g/mol. The molecule has 3 atom stereocenters. The molecule has 1 fully saturated rings. The number of rotatable bonds is 5. The van der Waals surface area contributed by atoms with Crippen LogP contribution in [0.1, 0.15) is 19.8 Å². The smallest absolute Gasteiger partial charge is 0.165 e. The number of halogens is 2. The van der Waals surface area contributed by atoms with Gasteiger partial charge in [0.15, 0.2) is 11.6 Å². The predicted molar refractivity (Wildman–Crippen MR) is 65.1 cm³/mol. The van der Waals surface area contributed by atoms with E-state index in [2.05, 4.69) is 0 Å². The van der Waals surface area contributed by atoms with Gasteiger partial charge in [0.2, 0.25) is 0 Å². The Morgan fingerprint density at radius 2 is 2.18 bits per heavy atom. The highest BCUT2D eigenvalue weighted by molar-refractivity contribution is 6.21. The number of para-hydroxylation sites is 1. The summed E-state index contributed by atoms with van der Waals surface area (Å²) in [6.07, 6.45) is 1.37. The molecule has 0 aliphatic heterocycles. The normalized spacial score (nSPS) is 27.6. The summed E-state index contributed by atoms with van der Waals surface area (Å²) in [5, 5.41) is -0.0293. The molecule has 1 saturated carbocycles. The Hall–Kier alpha value is -0.800. The largest absolute Gasteiger partial charge is 0.485 e. The van der Waals surface area contributed by atoms with Gasteiger partial charge < -0.3 is 9.47 Å². The molecule has 4 heteroatoms.